The van der Waals surface area contributed by atoms with E-state index in [1.54, 1.807) is 4.57 Å². The third-order valence-corrected chi connectivity index (χ3v) is 6.14. The minimum absolute atomic E-state index is 0. The summed E-state index contributed by atoms with van der Waals surface area (Å²) in [6, 6.07) is 1.23. The number of halogens is 2. The normalized spacial score (nSPS) is 20.3. The maximum atomic E-state index is 15.4. The fraction of sp³-hybridized carbons (Fsp3) is 0.524. The van der Waals surface area contributed by atoms with Gasteiger partial charge >= 0.3 is 6.16 Å². The second kappa shape index (κ2) is 8.20. The molecule has 2 heterocycles. The van der Waals surface area contributed by atoms with Crippen LogP contribution in [0.4, 0.5) is 14.9 Å². The predicted molar refractivity (Wildman–Crippen MR) is 117 cm³/mol. The second-order valence-corrected chi connectivity index (χ2v) is 8.77. The van der Waals surface area contributed by atoms with Gasteiger partial charge in [0.1, 0.15) is 5.69 Å². The Morgan fingerprint density at radius 2 is 2.00 bits per heavy atom. The molecule has 1 aromatic carbocycles. The van der Waals surface area contributed by atoms with Crippen LogP contribution in [-0.2, 0) is 0 Å². The number of hydrogen-bond donors (Lipinski definition) is 2. The lowest BCUT2D eigenvalue weighted by Gasteiger charge is -2.44. The van der Waals surface area contributed by atoms with Crippen molar-refractivity contribution in [3.8, 4) is 11.5 Å². The second-order valence-electron chi connectivity index (χ2n) is 8.77. The summed E-state index contributed by atoms with van der Waals surface area (Å²) in [5.41, 5.74) is 6.08. The van der Waals surface area contributed by atoms with Gasteiger partial charge in [-0.25, -0.2) is 9.18 Å². The third-order valence-electron chi connectivity index (χ3n) is 6.14. The molecule has 2 aliphatic rings. The molecule has 1 unspecified atom stereocenters. The van der Waals surface area contributed by atoms with E-state index in [4.69, 9.17) is 15.6 Å². The molecule has 8 nitrogen and oxygen atoms in total. The van der Waals surface area contributed by atoms with Crippen molar-refractivity contribution in [3.63, 3.8) is 0 Å². The molecule has 1 aliphatic carbocycles. The van der Waals surface area contributed by atoms with Gasteiger partial charge in [-0.3, -0.25) is 4.79 Å². The highest BCUT2D eigenvalue weighted by molar-refractivity contribution is 5.92. The number of carboxylic acid groups (broad SMARTS) is 1. The molecule has 170 valence electrons. The molecule has 1 saturated heterocycles. The van der Waals surface area contributed by atoms with Crippen LogP contribution in [0.2, 0.25) is 0 Å². The summed E-state index contributed by atoms with van der Waals surface area (Å²) < 4.78 is 27.5. The van der Waals surface area contributed by atoms with Crippen molar-refractivity contribution < 1.29 is 23.8 Å². The fourth-order valence-corrected chi connectivity index (χ4v) is 4.28. The Balaban J connectivity index is 0.00000272. The minimum Gasteiger partial charge on any atom is -0.492 e. The van der Waals surface area contributed by atoms with E-state index in [-0.39, 0.29) is 46.8 Å². The monoisotopic (exact) mass is 455 g/mol. The average molecular weight is 456 g/mol. The van der Waals surface area contributed by atoms with Crippen LogP contribution in [0.1, 0.15) is 39.2 Å². The number of hydrogen-bond acceptors (Lipinski definition) is 6. The maximum Gasteiger partial charge on any atom is 0.511 e. The topological polar surface area (TPSA) is 107 Å². The molecule has 4 rings (SSSR count). The molecule has 2 fully saturated rings. The number of anilines is 1. The van der Waals surface area contributed by atoms with Crippen molar-refractivity contribution in [2.45, 2.75) is 45.2 Å². The van der Waals surface area contributed by atoms with Crippen molar-refractivity contribution in [1.82, 2.24) is 4.57 Å². The van der Waals surface area contributed by atoms with Gasteiger partial charge in [-0.2, -0.15) is 0 Å². The minimum atomic E-state index is -1.59. The van der Waals surface area contributed by atoms with Crippen LogP contribution in [0.15, 0.2) is 17.1 Å². The van der Waals surface area contributed by atoms with Gasteiger partial charge < -0.3 is 29.8 Å². The number of fused-ring (bicyclic) bond motifs is 1. The first-order valence-corrected chi connectivity index (χ1v) is 10.0. The Kier molecular flexibility index (Phi) is 6.12. The summed E-state index contributed by atoms with van der Waals surface area (Å²) >= 11 is 0. The Bertz CT molecular complexity index is 1080. The number of carbonyl (C=O) groups is 1. The van der Waals surface area contributed by atoms with Crippen molar-refractivity contribution >= 4 is 35.2 Å². The molecule has 1 saturated carbocycles. The first-order chi connectivity index (χ1) is 14.1. The summed E-state index contributed by atoms with van der Waals surface area (Å²) in [5, 5.41) is 9.00. The van der Waals surface area contributed by atoms with E-state index in [9.17, 15) is 9.59 Å². The van der Waals surface area contributed by atoms with Gasteiger partial charge in [0, 0.05) is 25.2 Å². The number of aromatic nitrogens is 1. The Labute approximate surface area is 185 Å². The molecule has 10 heteroatoms. The van der Waals surface area contributed by atoms with Crippen molar-refractivity contribution in [2.24, 2.45) is 11.1 Å². The van der Waals surface area contributed by atoms with Gasteiger partial charge in [-0.05, 0) is 30.7 Å². The molecule has 0 amide bonds. The Morgan fingerprint density at radius 3 is 2.55 bits per heavy atom. The van der Waals surface area contributed by atoms with Gasteiger partial charge in [0.2, 0.25) is 5.43 Å². The molecule has 3 N–H and O–H groups in total. The van der Waals surface area contributed by atoms with Gasteiger partial charge in [-0.15, -0.1) is 12.4 Å². The molecule has 1 atom stereocenters. The molecule has 0 radical (unpaired) electrons. The van der Waals surface area contributed by atoms with Crippen LogP contribution >= 0.6 is 12.4 Å². The summed E-state index contributed by atoms with van der Waals surface area (Å²) in [7, 11) is 1.45. The van der Waals surface area contributed by atoms with E-state index in [1.165, 1.54) is 13.3 Å². The smallest absolute Gasteiger partial charge is 0.492 e. The van der Waals surface area contributed by atoms with Crippen LogP contribution in [0.25, 0.3) is 10.9 Å². The first kappa shape index (κ1) is 23.1. The zero-order valence-electron chi connectivity index (χ0n) is 17.7. The first-order valence-electron chi connectivity index (χ1n) is 10.0. The van der Waals surface area contributed by atoms with Crippen molar-refractivity contribution in [2.75, 3.05) is 25.1 Å². The Hall–Kier alpha value is -2.52. The molecule has 1 aromatic heterocycles. The van der Waals surface area contributed by atoms with Gasteiger partial charge in [0.15, 0.2) is 17.3 Å². The van der Waals surface area contributed by atoms with E-state index in [1.807, 2.05) is 18.7 Å². The zero-order chi connectivity index (χ0) is 21.8. The number of ether oxygens (including phenoxy) is 2. The highest BCUT2D eigenvalue weighted by Crippen LogP contribution is 2.45. The lowest BCUT2D eigenvalue weighted by molar-refractivity contribution is 0.143. The highest BCUT2D eigenvalue weighted by atomic mass is 35.5. The van der Waals surface area contributed by atoms with Gasteiger partial charge in [0.05, 0.1) is 24.2 Å². The molecule has 0 spiro atoms. The molecule has 2 aromatic rings. The number of piperidine rings is 1. The molecular formula is C21H27ClFN3O5. The van der Waals surface area contributed by atoms with Crippen LogP contribution in [-0.4, -0.2) is 42.1 Å². The zero-order valence-corrected chi connectivity index (χ0v) is 18.5. The number of methoxy groups -OCH3 is 1. The standard InChI is InChI=1S/C21H26FN3O5.ClH/c1-21(2)10-24(7-6-15(21)23)17-13(22)8-12-16(19(17)29-3)25(11-4-5-11)9-14(18(12)26)30-20(27)28;/h8-9,11,15H,4-7,10,23H2,1-3H3,(H,27,28);1H. The van der Waals surface area contributed by atoms with E-state index < -0.39 is 17.4 Å². The summed E-state index contributed by atoms with van der Waals surface area (Å²) in [4.78, 5) is 25.8. The lowest BCUT2D eigenvalue weighted by atomic mass is 9.79. The van der Waals surface area contributed by atoms with Crippen LogP contribution < -0.4 is 25.5 Å². The summed E-state index contributed by atoms with van der Waals surface area (Å²) in [6.07, 6.45) is 2.23. The number of pyridine rings is 1. The third kappa shape index (κ3) is 4.04. The van der Waals surface area contributed by atoms with Gasteiger partial charge in [0.25, 0.3) is 0 Å². The number of rotatable bonds is 4. The van der Waals surface area contributed by atoms with Crippen LogP contribution in [0.5, 0.6) is 11.5 Å². The largest absolute Gasteiger partial charge is 0.511 e. The predicted octanol–water partition coefficient (Wildman–Crippen LogP) is 3.53. The van der Waals surface area contributed by atoms with Crippen molar-refractivity contribution in [1.29, 1.82) is 0 Å². The van der Waals surface area contributed by atoms with Crippen molar-refractivity contribution in [3.05, 3.63) is 28.3 Å². The average Bonchev–Trinajstić information content (AvgIpc) is 3.50. The highest BCUT2D eigenvalue weighted by Gasteiger charge is 2.37. The number of nitrogens with zero attached hydrogens (tertiary/aromatic N) is 2. The number of benzene rings is 1. The lowest BCUT2D eigenvalue weighted by Crippen LogP contribution is -2.52. The molecule has 1 aliphatic heterocycles. The van der Waals surface area contributed by atoms with Crippen LogP contribution in [0.3, 0.4) is 0 Å². The summed E-state index contributed by atoms with van der Waals surface area (Å²) in [6.45, 7) is 5.20. The van der Waals surface area contributed by atoms with Crippen LogP contribution in [0, 0.1) is 11.2 Å². The summed E-state index contributed by atoms with van der Waals surface area (Å²) in [5.74, 6) is -0.680. The van der Waals surface area contributed by atoms with Gasteiger partial charge in [-0.1, -0.05) is 13.8 Å². The Morgan fingerprint density at radius 1 is 1.32 bits per heavy atom. The van der Waals surface area contributed by atoms with E-state index in [2.05, 4.69) is 4.74 Å². The quantitative estimate of drug-likeness (QED) is 0.679. The maximum absolute atomic E-state index is 15.4. The molecule has 0 bridgehead atoms. The van der Waals surface area contributed by atoms with E-state index >= 15 is 4.39 Å². The molecule has 31 heavy (non-hydrogen) atoms. The number of nitrogens with two attached hydrogens (primary N) is 1. The SMILES string of the molecule is COc1c(N2CCC(N)C(C)(C)C2)c(F)cc2c(=O)c(OC(=O)O)cn(C3CC3)c12.Cl. The molecular weight excluding hydrogens is 429 g/mol. The van der Waals surface area contributed by atoms with E-state index in [0.717, 1.165) is 18.9 Å². The van der Waals surface area contributed by atoms with E-state index in [0.29, 0.717) is 30.7 Å². The fourth-order valence-electron chi connectivity index (χ4n) is 4.28.